The highest BCUT2D eigenvalue weighted by Crippen LogP contribution is 2.38. The van der Waals surface area contributed by atoms with E-state index in [0.29, 0.717) is 39.8 Å². The quantitative estimate of drug-likeness (QED) is 0.377. The molecule has 2 amide bonds. The van der Waals surface area contributed by atoms with Crippen LogP contribution in [0.3, 0.4) is 0 Å². The van der Waals surface area contributed by atoms with Crippen LogP contribution in [0.2, 0.25) is 5.02 Å². The summed E-state index contributed by atoms with van der Waals surface area (Å²) in [7, 11) is 1.56. The third-order valence-electron chi connectivity index (χ3n) is 4.96. The Morgan fingerprint density at radius 3 is 2.59 bits per heavy atom. The van der Waals surface area contributed by atoms with Crippen LogP contribution >= 0.6 is 11.6 Å². The van der Waals surface area contributed by atoms with E-state index >= 15 is 0 Å². The summed E-state index contributed by atoms with van der Waals surface area (Å²) in [5.74, 6) is -2.56. The molecule has 0 radical (unpaired) electrons. The van der Waals surface area contributed by atoms with Crippen LogP contribution in [0.1, 0.15) is 29.2 Å². The molecule has 32 heavy (non-hydrogen) atoms. The molecule has 0 saturated heterocycles. The first kappa shape index (κ1) is 23.6. The third kappa shape index (κ3) is 5.06. The normalized spacial score (nSPS) is 16.4. The topological polar surface area (TPSA) is 59.9 Å². The van der Waals surface area contributed by atoms with Crippen molar-refractivity contribution in [1.82, 2.24) is 5.32 Å². The summed E-state index contributed by atoms with van der Waals surface area (Å²) in [6.45, 7) is 8.13. The fourth-order valence-electron chi connectivity index (χ4n) is 3.38. The van der Waals surface area contributed by atoms with E-state index in [1.165, 1.54) is 30.3 Å². The second-order valence-electron chi connectivity index (χ2n) is 7.14. The van der Waals surface area contributed by atoms with Crippen molar-refractivity contribution in [1.29, 1.82) is 0 Å². The molecule has 1 heterocycles. The summed E-state index contributed by atoms with van der Waals surface area (Å²) in [5, 5.41) is 3.13. The fraction of sp³-hybridized carbons (Fsp3) is 0.250. The monoisotopic (exact) mass is 460 g/mol. The van der Waals surface area contributed by atoms with Gasteiger partial charge in [0.15, 0.2) is 0 Å². The lowest BCUT2D eigenvalue weighted by atomic mass is 9.90. The molecule has 0 fully saturated rings. The van der Waals surface area contributed by atoms with E-state index in [4.69, 9.17) is 21.1 Å². The van der Waals surface area contributed by atoms with Crippen LogP contribution in [0.4, 0.5) is 13.6 Å². The zero-order valence-electron chi connectivity index (χ0n) is 17.5. The van der Waals surface area contributed by atoms with Crippen molar-refractivity contribution in [2.24, 2.45) is 4.99 Å². The van der Waals surface area contributed by atoms with Crippen LogP contribution in [0, 0.1) is 0 Å². The average Bonchev–Trinajstić information content (AvgIpc) is 2.76. The molecule has 0 unspecified atom stereocenters. The number of carbonyl (C=O) groups is 1. The van der Waals surface area contributed by atoms with Crippen molar-refractivity contribution >= 4 is 23.3 Å². The van der Waals surface area contributed by atoms with Gasteiger partial charge in [-0.3, -0.25) is 0 Å². The van der Waals surface area contributed by atoms with Crippen LogP contribution in [0.25, 0.3) is 0 Å². The Kier molecular flexibility index (Phi) is 7.43. The molecule has 0 spiro atoms. The van der Waals surface area contributed by atoms with Gasteiger partial charge in [-0.2, -0.15) is 4.99 Å². The lowest BCUT2D eigenvalue weighted by molar-refractivity contribution is -0.000853. The number of halogens is 3. The number of methoxy groups -OCH3 is 1. The Balaban J connectivity index is 1.94. The Bertz CT molecular complexity index is 1050. The van der Waals surface area contributed by atoms with Gasteiger partial charge >= 0.3 is 6.03 Å². The molecule has 168 valence electrons. The minimum absolute atomic E-state index is 0.149. The Hall–Kier alpha value is -3.03. The first-order valence-electron chi connectivity index (χ1n) is 9.86. The van der Waals surface area contributed by atoms with Gasteiger partial charge in [0, 0.05) is 35.2 Å². The van der Waals surface area contributed by atoms with E-state index in [9.17, 15) is 13.6 Å². The van der Waals surface area contributed by atoms with Crippen molar-refractivity contribution < 1.29 is 23.0 Å². The SMILES string of the molecule is C=CCC(F)(F)c1ccc(C2=NC(=O)N[C@H](c3c(Cl)cccc3OCCOC)C2=C)cc1. The number of ether oxygens (including phenoxy) is 2. The Morgan fingerprint density at radius 1 is 1.22 bits per heavy atom. The van der Waals surface area contributed by atoms with Gasteiger partial charge in [-0.25, -0.2) is 13.6 Å². The zero-order valence-corrected chi connectivity index (χ0v) is 18.3. The van der Waals surface area contributed by atoms with Gasteiger partial charge < -0.3 is 14.8 Å². The predicted octanol–water partition coefficient (Wildman–Crippen LogP) is 5.84. The largest absolute Gasteiger partial charge is 0.491 e. The number of hydrogen-bond donors (Lipinski definition) is 1. The number of alkyl halides is 2. The molecule has 1 N–H and O–H groups in total. The molecule has 1 aliphatic rings. The van der Waals surface area contributed by atoms with Gasteiger partial charge in [0.25, 0.3) is 5.92 Å². The number of nitrogens with one attached hydrogen (secondary N) is 1. The number of allylic oxidation sites excluding steroid dienone is 1. The smallest absolute Gasteiger partial charge is 0.342 e. The van der Waals surface area contributed by atoms with Crippen LogP contribution in [0.15, 0.2) is 72.3 Å². The number of carbonyl (C=O) groups excluding carboxylic acids is 1. The number of aliphatic imine (C=N–C) groups is 1. The van der Waals surface area contributed by atoms with Crippen LogP contribution < -0.4 is 10.1 Å². The standard InChI is InChI=1S/C24H23ClF2N2O3/c1-4-12-24(26,27)17-10-8-16(9-11-17)21-15(2)22(29-23(30)28-21)20-18(25)6-5-7-19(20)32-14-13-31-3/h4-11,22H,1-2,12-14H2,3H3,(H,29,30)/t22-/m0/s1. The van der Waals surface area contributed by atoms with Crippen molar-refractivity contribution in [2.75, 3.05) is 20.3 Å². The van der Waals surface area contributed by atoms with Gasteiger partial charge in [-0.1, -0.05) is 54.6 Å². The number of rotatable bonds is 9. The number of amides is 2. The summed E-state index contributed by atoms with van der Waals surface area (Å²) in [4.78, 5) is 16.4. The maximum absolute atomic E-state index is 14.1. The summed E-state index contributed by atoms with van der Waals surface area (Å²) in [6, 6.07) is 9.46. The van der Waals surface area contributed by atoms with E-state index < -0.39 is 24.4 Å². The highest BCUT2D eigenvalue weighted by atomic mass is 35.5. The van der Waals surface area contributed by atoms with Crippen molar-refractivity contribution in [3.63, 3.8) is 0 Å². The van der Waals surface area contributed by atoms with Crippen LogP contribution in [-0.4, -0.2) is 32.1 Å². The third-order valence-corrected chi connectivity index (χ3v) is 5.29. The lowest BCUT2D eigenvalue weighted by Crippen LogP contribution is -2.36. The molecule has 0 aliphatic carbocycles. The molecule has 0 aromatic heterocycles. The molecular formula is C24H23ClF2N2O3. The minimum Gasteiger partial charge on any atom is -0.491 e. The fourth-order valence-corrected chi connectivity index (χ4v) is 3.65. The first-order valence-corrected chi connectivity index (χ1v) is 10.2. The summed E-state index contributed by atoms with van der Waals surface area (Å²) in [6.07, 6.45) is 0.703. The van der Waals surface area contributed by atoms with Crippen LogP contribution in [0.5, 0.6) is 5.75 Å². The van der Waals surface area contributed by atoms with E-state index in [2.05, 4.69) is 23.5 Å². The highest BCUT2D eigenvalue weighted by molar-refractivity contribution is 6.32. The van der Waals surface area contributed by atoms with Gasteiger partial charge in [-0.05, 0) is 17.7 Å². The molecule has 1 atom stereocenters. The Labute approximate surface area is 190 Å². The number of benzene rings is 2. The lowest BCUT2D eigenvalue weighted by Gasteiger charge is -2.28. The molecule has 5 nitrogen and oxygen atoms in total. The molecule has 2 aromatic carbocycles. The van der Waals surface area contributed by atoms with Gasteiger partial charge in [-0.15, -0.1) is 6.58 Å². The molecular weight excluding hydrogens is 438 g/mol. The van der Waals surface area contributed by atoms with Crippen molar-refractivity contribution in [3.05, 3.63) is 89.0 Å². The summed E-state index contributed by atoms with van der Waals surface area (Å²) >= 11 is 6.45. The predicted molar refractivity (Wildman–Crippen MR) is 121 cm³/mol. The number of urea groups is 1. The molecule has 8 heteroatoms. The van der Waals surface area contributed by atoms with Gasteiger partial charge in [0.2, 0.25) is 0 Å². The summed E-state index contributed by atoms with van der Waals surface area (Å²) < 4.78 is 39.1. The molecule has 0 bridgehead atoms. The number of nitrogens with zero attached hydrogens (tertiary/aromatic N) is 1. The van der Waals surface area contributed by atoms with Crippen molar-refractivity contribution in [2.45, 2.75) is 18.4 Å². The van der Waals surface area contributed by atoms with E-state index in [1.54, 1.807) is 25.3 Å². The van der Waals surface area contributed by atoms with E-state index in [0.717, 1.165) is 0 Å². The second kappa shape index (κ2) is 10.1. The van der Waals surface area contributed by atoms with Gasteiger partial charge in [0.1, 0.15) is 12.4 Å². The van der Waals surface area contributed by atoms with E-state index in [1.807, 2.05) is 0 Å². The average molecular weight is 461 g/mol. The molecule has 3 rings (SSSR count). The highest BCUT2D eigenvalue weighted by Gasteiger charge is 2.33. The van der Waals surface area contributed by atoms with Crippen molar-refractivity contribution in [3.8, 4) is 5.75 Å². The maximum Gasteiger partial charge on any atom is 0.342 e. The maximum atomic E-state index is 14.1. The number of hydrogen-bond acceptors (Lipinski definition) is 3. The first-order chi connectivity index (χ1) is 15.3. The molecule has 1 aliphatic heterocycles. The molecule has 2 aromatic rings. The summed E-state index contributed by atoms with van der Waals surface area (Å²) in [5.41, 5.74) is 1.62. The Morgan fingerprint density at radius 2 is 1.94 bits per heavy atom. The van der Waals surface area contributed by atoms with Gasteiger partial charge in [0.05, 0.1) is 18.4 Å². The second-order valence-corrected chi connectivity index (χ2v) is 7.54. The zero-order chi connectivity index (χ0) is 23.3. The minimum atomic E-state index is -3.03. The van der Waals surface area contributed by atoms with Crippen LogP contribution in [-0.2, 0) is 10.7 Å². The molecule has 0 saturated carbocycles. The van der Waals surface area contributed by atoms with E-state index in [-0.39, 0.29) is 12.2 Å².